The van der Waals surface area contributed by atoms with Gasteiger partial charge in [-0.1, -0.05) is 32.4 Å². The van der Waals surface area contributed by atoms with Gasteiger partial charge in [0.05, 0.1) is 0 Å². The number of hydrogen-bond acceptors (Lipinski definition) is 0. The van der Waals surface area contributed by atoms with E-state index in [0.717, 1.165) is 17.8 Å². The fraction of sp³-hybridized carbons (Fsp3) is 0.818. The quantitative estimate of drug-likeness (QED) is 0.503. The SMILES string of the molecule is CC1=CCC(C(C)C)CC1C. The summed E-state index contributed by atoms with van der Waals surface area (Å²) >= 11 is 0. The van der Waals surface area contributed by atoms with Gasteiger partial charge in [0, 0.05) is 0 Å². The van der Waals surface area contributed by atoms with E-state index in [9.17, 15) is 0 Å². The van der Waals surface area contributed by atoms with E-state index in [1.54, 1.807) is 5.57 Å². The zero-order valence-corrected chi connectivity index (χ0v) is 8.22. The molecule has 0 N–H and O–H groups in total. The molecule has 0 aromatic carbocycles. The van der Waals surface area contributed by atoms with Gasteiger partial charge in [0.15, 0.2) is 0 Å². The van der Waals surface area contributed by atoms with Crippen molar-refractivity contribution >= 4 is 0 Å². The van der Waals surface area contributed by atoms with Gasteiger partial charge >= 0.3 is 0 Å². The van der Waals surface area contributed by atoms with E-state index in [0.29, 0.717) is 0 Å². The Hall–Kier alpha value is -0.260. The molecule has 0 amide bonds. The summed E-state index contributed by atoms with van der Waals surface area (Å²) in [6.45, 7) is 9.29. The highest BCUT2D eigenvalue weighted by molar-refractivity contribution is 5.07. The van der Waals surface area contributed by atoms with Gasteiger partial charge in [-0.2, -0.15) is 0 Å². The largest absolute Gasteiger partial charge is 0.0851 e. The molecule has 1 aliphatic rings. The Balaban J connectivity index is 2.55. The molecule has 2 unspecified atom stereocenters. The van der Waals surface area contributed by atoms with E-state index in [1.165, 1.54) is 12.8 Å². The van der Waals surface area contributed by atoms with Crippen LogP contribution in [0.25, 0.3) is 0 Å². The van der Waals surface area contributed by atoms with Crippen LogP contribution in [-0.2, 0) is 0 Å². The monoisotopic (exact) mass is 152 g/mol. The van der Waals surface area contributed by atoms with E-state index in [4.69, 9.17) is 0 Å². The van der Waals surface area contributed by atoms with Gasteiger partial charge in [0.1, 0.15) is 0 Å². The van der Waals surface area contributed by atoms with Crippen LogP contribution in [0.3, 0.4) is 0 Å². The Labute approximate surface area is 70.7 Å². The van der Waals surface area contributed by atoms with Crippen LogP contribution in [0.2, 0.25) is 0 Å². The third-order valence-electron chi connectivity index (χ3n) is 3.12. The molecule has 11 heavy (non-hydrogen) atoms. The zero-order chi connectivity index (χ0) is 8.43. The molecule has 0 nitrogen and oxygen atoms in total. The van der Waals surface area contributed by atoms with Crippen LogP contribution in [-0.4, -0.2) is 0 Å². The van der Waals surface area contributed by atoms with E-state index in [1.807, 2.05) is 0 Å². The first-order chi connectivity index (χ1) is 5.11. The van der Waals surface area contributed by atoms with Gasteiger partial charge in [-0.05, 0) is 37.5 Å². The first-order valence-electron chi connectivity index (χ1n) is 4.78. The normalized spacial score (nSPS) is 32.3. The molecule has 0 saturated carbocycles. The molecule has 0 aromatic rings. The minimum Gasteiger partial charge on any atom is -0.0851 e. The van der Waals surface area contributed by atoms with Gasteiger partial charge in [-0.3, -0.25) is 0 Å². The molecule has 0 radical (unpaired) electrons. The van der Waals surface area contributed by atoms with Crippen molar-refractivity contribution in [2.24, 2.45) is 17.8 Å². The maximum Gasteiger partial charge on any atom is -0.0232 e. The number of hydrogen-bond donors (Lipinski definition) is 0. The molecule has 0 aliphatic heterocycles. The van der Waals surface area contributed by atoms with Crippen molar-refractivity contribution in [1.29, 1.82) is 0 Å². The molecular formula is C11H20. The molecule has 1 aliphatic carbocycles. The van der Waals surface area contributed by atoms with Crippen LogP contribution >= 0.6 is 0 Å². The third kappa shape index (κ3) is 2.08. The van der Waals surface area contributed by atoms with Crippen LogP contribution in [0, 0.1) is 17.8 Å². The van der Waals surface area contributed by atoms with E-state index < -0.39 is 0 Å². The van der Waals surface area contributed by atoms with Crippen LogP contribution in [0.5, 0.6) is 0 Å². The van der Waals surface area contributed by atoms with Crippen LogP contribution in [0.1, 0.15) is 40.5 Å². The molecule has 1 rings (SSSR count). The van der Waals surface area contributed by atoms with E-state index in [2.05, 4.69) is 33.8 Å². The van der Waals surface area contributed by atoms with Gasteiger partial charge in [-0.15, -0.1) is 0 Å². The lowest BCUT2D eigenvalue weighted by atomic mass is 9.78. The second-order valence-corrected chi connectivity index (χ2v) is 4.32. The molecule has 2 atom stereocenters. The maximum atomic E-state index is 2.43. The van der Waals surface area contributed by atoms with Crippen molar-refractivity contribution in [2.75, 3.05) is 0 Å². The molecule has 0 saturated heterocycles. The summed E-state index contributed by atoms with van der Waals surface area (Å²) in [5.41, 5.74) is 1.60. The molecule has 0 bridgehead atoms. The summed E-state index contributed by atoms with van der Waals surface area (Å²) in [5, 5.41) is 0. The Morgan fingerprint density at radius 3 is 2.55 bits per heavy atom. The first kappa shape index (κ1) is 8.83. The van der Waals surface area contributed by atoms with Gasteiger partial charge in [0.25, 0.3) is 0 Å². The summed E-state index contributed by atoms with van der Waals surface area (Å²) in [6.07, 6.45) is 5.15. The highest BCUT2D eigenvalue weighted by atomic mass is 14.3. The average molecular weight is 152 g/mol. The molecule has 0 heteroatoms. The highest BCUT2D eigenvalue weighted by Gasteiger charge is 2.20. The molecule has 0 aromatic heterocycles. The molecule has 64 valence electrons. The lowest BCUT2D eigenvalue weighted by Crippen LogP contribution is -2.16. The van der Waals surface area contributed by atoms with Gasteiger partial charge < -0.3 is 0 Å². The fourth-order valence-electron chi connectivity index (χ4n) is 1.82. The van der Waals surface area contributed by atoms with Crippen molar-refractivity contribution in [2.45, 2.75) is 40.5 Å². The molecule has 0 heterocycles. The van der Waals surface area contributed by atoms with Crippen LogP contribution in [0.15, 0.2) is 11.6 Å². The smallest absolute Gasteiger partial charge is 0.0232 e. The van der Waals surface area contributed by atoms with Crippen LogP contribution in [0.4, 0.5) is 0 Å². The second kappa shape index (κ2) is 3.42. The molecular weight excluding hydrogens is 132 g/mol. The van der Waals surface area contributed by atoms with Crippen LogP contribution < -0.4 is 0 Å². The second-order valence-electron chi connectivity index (χ2n) is 4.32. The number of rotatable bonds is 1. The standard InChI is InChI=1S/C11H20/c1-8(2)11-6-5-9(3)10(4)7-11/h5,8,10-11H,6-7H2,1-4H3. The number of allylic oxidation sites excluding steroid dienone is 2. The average Bonchev–Trinajstić information content (AvgIpc) is 1.94. The van der Waals surface area contributed by atoms with Gasteiger partial charge in [-0.25, -0.2) is 0 Å². The predicted octanol–water partition coefficient (Wildman–Crippen LogP) is 3.63. The minimum absolute atomic E-state index is 0.830. The fourth-order valence-corrected chi connectivity index (χ4v) is 1.82. The summed E-state index contributed by atoms with van der Waals surface area (Å²) < 4.78 is 0. The van der Waals surface area contributed by atoms with Crippen molar-refractivity contribution in [3.8, 4) is 0 Å². The first-order valence-corrected chi connectivity index (χ1v) is 4.78. The summed E-state index contributed by atoms with van der Waals surface area (Å²) in [4.78, 5) is 0. The third-order valence-corrected chi connectivity index (χ3v) is 3.12. The summed E-state index contributed by atoms with van der Waals surface area (Å²) in [5.74, 6) is 2.63. The van der Waals surface area contributed by atoms with Crippen molar-refractivity contribution in [1.82, 2.24) is 0 Å². The zero-order valence-electron chi connectivity index (χ0n) is 8.22. The van der Waals surface area contributed by atoms with E-state index >= 15 is 0 Å². The van der Waals surface area contributed by atoms with Gasteiger partial charge in [0.2, 0.25) is 0 Å². The molecule has 0 fully saturated rings. The molecule has 0 spiro atoms. The predicted molar refractivity (Wildman–Crippen MR) is 50.5 cm³/mol. The lowest BCUT2D eigenvalue weighted by Gasteiger charge is -2.28. The lowest BCUT2D eigenvalue weighted by molar-refractivity contribution is 0.310. The Morgan fingerprint density at radius 2 is 2.09 bits per heavy atom. The Morgan fingerprint density at radius 1 is 1.45 bits per heavy atom. The van der Waals surface area contributed by atoms with Crippen molar-refractivity contribution in [3.63, 3.8) is 0 Å². The van der Waals surface area contributed by atoms with E-state index in [-0.39, 0.29) is 0 Å². The maximum absolute atomic E-state index is 2.43. The Bertz CT molecular complexity index is 153. The minimum atomic E-state index is 0.830. The highest BCUT2D eigenvalue weighted by Crippen LogP contribution is 2.32. The summed E-state index contributed by atoms with van der Waals surface area (Å²) in [6, 6.07) is 0. The van der Waals surface area contributed by atoms with Crippen molar-refractivity contribution in [3.05, 3.63) is 11.6 Å². The topological polar surface area (TPSA) is 0 Å². The Kier molecular flexibility index (Phi) is 2.75. The summed E-state index contributed by atoms with van der Waals surface area (Å²) in [7, 11) is 0. The van der Waals surface area contributed by atoms with Crippen molar-refractivity contribution < 1.29 is 0 Å².